The molecule has 1 unspecified atom stereocenters. The molecule has 0 spiro atoms. The molecule has 20 heavy (non-hydrogen) atoms. The van der Waals surface area contributed by atoms with Gasteiger partial charge in [0.05, 0.1) is 0 Å². The zero-order chi connectivity index (χ0) is 14.1. The molecule has 0 fully saturated rings. The Balaban J connectivity index is 2.14. The summed E-state index contributed by atoms with van der Waals surface area (Å²) in [6.07, 6.45) is -0.700. The highest BCUT2D eigenvalue weighted by Crippen LogP contribution is 2.33. The van der Waals surface area contributed by atoms with E-state index in [0.29, 0.717) is 10.0 Å². The van der Waals surface area contributed by atoms with E-state index in [1.165, 1.54) is 0 Å². The monoisotopic (exact) mass is 302 g/mol. The highest BCUT2D eigenvalue weighted by Gasteiger charge is 2.14. The smallest absolute Gasteiger partial charge is 0.105 e. The van der Waals surface area contributed by atoms with E-state index in [1.807, 2.05) is 48.5 Å². The molecule has 0 aliphatic heterocycles. The van der Waals surface area contributed by atoms with Crippen LogP contribution in [0.5, 0.6) is 0 Å². The molecule has 0 amide bonds. The second-order valence-corrected chi connectivity index (χ2v) is 5.48. The Morgan fingerprint density at radius 1 is 0.750 bits per heavy atom. The van der Waals surface area contributed by atoms with Gasteiger partial charge in [-0.2, -0.15) is 0 Å². The van der Waals surface area contributed by atoms with Gasteiger partial charge in [0, 0.05) is 15.4 Å². The summed E-state index contributed by atoms with van der Waals surface area (Å²) in [6, 6.07) is 18.7. The molecule has 0 saturated carbocycles. The first-order valence-corrected chi connectivity index (χ1v) is 7.03. The van der Waals surface area contributed by atoms with Crippen LogP contribution < -0.4 is 0 Å². The van der Waals surface area contributed by atoms with Gasteiger partial charge in [0.1, 0.15) is 6.10 Å². The van der Waals surface area contributed by atoms with Gasteiger partial charge in [0.15, 0.2) is 0 Å². The maximum atomic E-state index is 10.6. The van der Waals surface area contributed by atoms with E-state index in [1.54, 1.807) is 12.1 Å². The van der Waals surface area contributed by atoms with Gasteiger partial charge in [-0.3, -0.25) is 0 Å². The average molecular weight is 303 g/mol. The van der Waals surface area contributed by atoms with Crippen LogP contribution in [0.4, 0.5) is 0 Å². The van der Waals surface area contributed by atoms with Gasteiger partial charge in [-0.05, 0) is 34.7 Å². The maximum absolute atomic E-state index is 10.6. The van der Waals surface area contributed by atoms with Crippen LogP contribution in [0.2, 0.25) is 10.0 Å². The van der Waals surface area contributed by atoms with Gasteiger partial charge in [-0.1, -0.05) is 65.7 Å². The lowest BCUT2D eigenvalue weighted by atomic mass is 9.96. The summed E-state index contributed by atoms with van der Waals surface area (Å²) >= 11 is 12.1. The molecule has 0 saturated heterocycles. The Kier molecular flexibility index (Phi) is 3.66. The molecule has 100 valence electrons. The SMILES string of the molecule is OC(c1ccc(Cl)cc1)c1ccc(Cl)c2ccccc12. The summed E-state index contributed by atoms with van der Waals surface area (Å²) in [6.45, 7) is 0. The molecule has 1 nitrogen and oxygen atoms in total. The second kappa shape index (κ2) is 5.45. The molecule has 3 rings (SSSR count). The maximum Gasteiger partial charge on any atom is 0.105 e. The van der Waals surface area contributed by atoms with Crippen LogP contribution in [0.15, 0.2) is 60.7 Å². The topological polar surface area (TPSA) is 20.2 Å². The quantitative estimate of drug-likeness (QED) is 0.687. The number of aliphatic hydroxyl groups excluding tert-OH is 1. The summed E-state index contributed by atoms with van der Waals surface area (Å²) in [5.41, 5.74) is 1.65. The van der Waals surface area contributed by atoms with Crippen molar-refractivity contribution in [1.29, 1.82) is 0 Å². The summed E-state index contributed by atoms with van der Waals surface area (Å²) < 4.78 is 0. The zero-order valence-electron chi connectivity index (χ0n) is 10.6. The minimum Gasteiger partial charge on any atom is -0.384 e. The van der Waals surface area contributed by atoms with Crippen molar-refractivity contribution in [3.05, 3.63) is 81.8 Å². The van der Waals surface area contributed by atoms with Gasteiger partial charge < -0.3 is 5.11 Å². The number of benzene rings is 3. The van der Waals surface area contributed by atoms with E-state index in [4.69, 9.17) is 23.2 Å². The van der Waals surface area contributed by atoms with E-state index in [9.17, 15) is 5.11 Å². The standard InChI is InChI=1S/C17H12Cl2O/c18-12-7-5-11(6-8-12)17(20)15-9-10-16(19)14-4-2-1-3-13(14)15/h1-10,17,20H. The molecule has 0 bridgehead atoms. The van der Waals surface area contributed by atoms with Crippen molar-refractivity contribution in [2.75, 3.05) is 0 Å². The van der Waals surface area contributed by atoms with Crippen LogP contribution in [0.1, 0.15) is 17.2 Å². The predicted molar refractivity (Wildman–Crippen MR) is 84.5 cm³/mol. The highest BCUT2D eigenvalue weighted by atomic mass is 35.5. The fraction of sp³-hybridized carbons (Fsp3) is 0.0588. The number of hydrogen-bond acceptors (Lipinski definition) is 1. The zero-order valence-corrected chi connectivity index (χ0v) is 12.1. The van der Waals surface area contributed by atoms with Gasteiger partial charge in [-0.15, -0.1) is 0 Å². The molecule has 0 aliphatic carbocycles. The fourth-order valence-electron chi connectivity index (χ4n) is 2.35. The van der Waals surface area contributed by atoms with Crippen LogP contribution in [0.3, 0.4) is 0 Å². The minimum atomic E-state index is -0.700. The van der Waals surface area contributed by atoms with Crippen LogP contribution in [-0.4, -0.2) is 5.11 Å². The van der Waals surface area contributed by atoms with Crippen LogP contribution in [-0.2, 0) is 0 Å². The largest absolute Gasteiger partial charge is 0.384 e. The van der Waals surface area contributed by atoms with E-state index in [-0.39, 0.29) is 0 Å². The fourth-order valence-corrected chi connectivity index (χ4v) is 2.70. The molecule has 0 heterocycles. The van der Waals surface area contributed by atoms with Crippen LogP contribution in [0, 0.1) is 0 Å². The molecule has 3 aromatic carbocycles. The van der Waals surface area contributed by atoms with Crippen molar-refractivity contribution >= 4 is 34.0 Å². The Morgan fingerprint density at radius 2 is 1.40 bits per heavy atom. The third-order valence-corrected chi connectivity index (χ3v) is 3.97. The van der Waals surface area contributed by atoms with Crippen molar-refractivity contribution in [1.82, 2.24) is 0 Å². The summed E-state index contributed by atoms with van der Waals surface area (Å²) in [4.78, 5) is 0. The van der Waals surface area contributed by atoms with E-state index >= 15 is 0 Å². The lowest BCUT2D eigenvalue weighted by molar-refractivity contribution is 0.222. The van der Waals surface area contributed by atoms with E-state index in [2.05, 4.69) is 0 Å². The van der Waals surface area contributed by atoms with Crippen molar-refractivity contribution in [2.45, 2.75) is 6.10 Å². The Hall–Kier alpha value is -1.54. The van der Waals surface area contributed by atoms with E-state index < -0.39 is 6.10 Å². The van der Waals surface area contributed by atoms with Gasteiger partial charge in [0.25, 0.3) is 0 Å². The molecule has 1 N–H and O–H groups in total. The highest BCUT2D eigenvalue weighted by molar-refractivity contribution is 6.35. The lowest BCUT2D eigenvalue weighted by Gasteiger charge is -2.15. The Morgan fingerprint density at radius 3 is 2.10 bits per heavy atom. The Bertz CT molecular complexity index is 751. The first kappa shape index (κ1) is 13.4. The number of rotatable bonds is 2. The average Bonchev–Trinajstić information content (AvgIpc) is 2.48. The number of aliphatic hydroxyl groups is 1. The normalized spacial score (nSPS) is 12.6. The summed E-state index contributed by atoms with van der Waals surface area (Å²) in [5.74, 6) is 0. The van der Waals surface area contributed by atoms with Gasteiger partial charge in [0.2, 0.25) is 0 Å². The molecule has 0 radical (unpaired) electrons. The number of halogens is 2. The molecule has 0 aliphatic rings. The van der Waals surface area contributed by atoms with Crippen molar-refractivity contribution in [3.63, 3.8) is 0 Å². The first-order valence-electron chi connectivity index (χ1n) is 6.27. The second-order valence-electron chi connectivity index (χ2n) is 4.64. The third-order valence-electron chi connectivity index (χ3n) is 3.38. The van der Waals surface area contributed by atoms with Crippen molar-refractivity contribution in [3.8, 4) is 0 Å². The van der Waals surface area contributed by atoms with Crippen molar-refractivity contribution in [2.24, 2.45) is 0 Å². The van der Waals surface area contributed by atoms with Crippen molar-refractivity contribution < 1.29 is 5.11 Å². The predicted octanol–water partition coefficient (Wildman–Crippen LogP) is 5.23. The van der Waals surface area contributed by atoms with Gasteiger partial charge >= 0.3 is 0 Å². The van der Waals surface area contributed by atoms with Crippen LogP contribution >= 0.6 is 23.2 Å². The lowest BCUT2D eigenvalue weighted by Crippen LogP contribution is -2.00. The molecule has 3 heteroatoms. The Labute approximate surface area is 127 Å². The van der Waals surface area contributed by atoms with E-state index in [0.717, 1.165) is 21.9 Å². The third kappa shape index (κ3) is 2.40. The molecular formula is C17H12Cl2O. The van der Waals surface area contributed by atoms with Crippen LogP contribution in [0.25, 0.3) is 10.8 Å². The first-order chi connectivity index (χ1) is 9.66. The summed E-state index contributed by atoms with van der Waals surface area (Å²) in [7, 11) is 0. The molecular weight excluding hydrogens is 291 g/mol. The minimum absolute atomic E-state index is 0.655. The number of fused-ring (bicyclic) bond motifs is 1. The molecule has 1 atom stereocenters. The summed E-state index contributed by atoms with van der Waals surface area (Å²) in [5, 5.41) is 13.8. The molecule has 0 aromatic heterocycles. The number of hydrogen-bond donors (Lipinski definition) is 1. The van der Waals surface area contributed by atoms with Gasteiger partial charge in [-0.25, -0.2) is 0 Å². The molecule has 3 aromatic rings.